The lowest BCUT2D eigenvalue weighted by molar-refractivity contribution is 0.251. The van der Waals surface area contributed by atoms with Crippen LogP contribution in [0.4, 0.5) is 21.9 Å². The molecular weight excluding hydrogens is 350 g/mol. The Bertz CT molecular complexity index is 784. The zero-order valence-electron chi connectivity index (χ0n) is 17.1. The zero-order chi connectivity index (χ0) is 19.9. The van der Waals surface area contributed by atoms with E-state index in [0.717, 1.165) is 55.3 Å². The normalized spacial score (nSPS) is 14.6. The number of piperazine rings is 1. The van der Waals surface area contributed by atoms with E-state index in [1.54, 1.807) is 0 Å². The van der Waals surface area contributed by atoms with Gasteiger partial charge in [-0.15, -0.1) is 0 Å². The Hall–Kier alpha value is -2.73. The predicted molar refractivity (Wildman–Crippen MR) is 117 cm³/mol. The van der Waals surface area contributed by atoms with Gasteiger partial charge in [-0.2, -0.15) is 0 Å². The molecule has 0 saturated carbocycles. The maximum Gasteiger partial charge on any atom is 0.319 e. The number of likely N-dealkylation sites (N-methyl/N-ethyl adjacent to an activating group) is 1. The van der Waals surface area contributed by atoms with Crippen LogP contribution in [0.5, 0.6) is 0 Å². The van der Waals surface area contributed by atoms with Gasteiger partial charge in [0.2, 0.25) is 0 Å². The van der Waals surface area contributed by atoms with Gasteiger partial charge < -0.3 is 25.3 Å². The van der Waals surface area contributed by atoms with E-state index in [-0.39, 0.29) is 6.03 Å². The van der Waals surface area contributed by atoms with Crippen LogP contribution in [-0.4, -0.2) is 57.8 Å². The highest BCUT2D eigenvalue weighted by Crippen LogP contribution is 2.26. The molecule has 1 fully saturated rings. The van der Waals surface area contributed by atoms with Crippen molar-refractivity contribution in [2.75, 3.05) is 61.9 Å². The van der Waals surface area contributed by atoms with Crippen LogP contribution in [0.1, 0.15) is 12.5 Å². The third-order valence-electron chi connectivity index (χ3n) is 5.19. The molecule has 0 aliphatic carbocycles. The Morgan fingerprint density at radius 3 is 2.50 bits per heavy atom. The molecule has 3 rings (SSSR count). The lowest BCUT2D eigenvalue weighted by Crippen LogP contribution is -2.46. The molecule has 1 heterocycles. The van der Waals surface area contributed by atoms with Crippen molar-refractivity contribution in [2.24, 2.45) is 0 Å². The van der Waals surface area contributed by atoms with E-state index in [1.807, 2.05) is 44.4 Å². The molecule has 6 nitrogen and oxygen atoms in total. The summed E-state index contributed by atoms with van der Waals surface area (Å²) >= 11 is 0. The average Bonchev–Trinajstić information content (AvgIpc) is 2.73. The van der Waals surface area contributed by atoms with Crippen LogP contribution in [0.3, 0.4) is 0 Å². The molecule has 2 aromatic carbocycles. The van der Waals surface area contributed by atoms with Crippen LogP contribution in [0.25, 0.3) is 0 Å². The van der Waals surface area contributed by atoms with Gasteiger partial charge in [0.05, 0.1) is 11.4 Å². The Labute approximate surface area is 168 Å². The van der Waals surface area contributed by atoms with Gasteiger partial charge in [0.25, 0.3) is 0 Å². The number of anilines is 3. The zero-order valence-corrected chi connectivity index (χ0v) is 17.1. The third-order valence-corrected chi connectivity index (χ3v) is 5.19. The second-order valence-electron chi connectivity index (χ2n) is 7.31. The second kappa shape index (κ2) is 9.46. The van der Waals surface area contributed by atoms with E-state index >= 15 is 0 Å². The van der Waals surface area contributed by atoms with Crippen molar-refractivity contribution < 1.29 is 4.79 Å². The minimum Gasteiger partial charge on any atom is -0.378 e. The van der Waals surface area contributed by atoms with Crippen molar-refractivity contribution in [1.82, 2.24) is 10.2 Å². The molecule has 2 amide bonds. The summed E-state index contributed by atoms with van der Waals surface area (Å²) < 4.78 is 0. The number of hydrogen-bond acceptors (Lipinski definition) is 4. The molecule has 2 aromatic rings. The fourth-order valence-electron chi connectivity index (χ4n) is 3.45. The van der Waals surface area contributed by atoms with Gasteiger partial charge in [0, 0.05) is 52.5 Å². The first-order valence-electron chi connectivity index (χ1n) is 9.94. The summed E-state index contributed by atoms with van der Waals surface area (Å²) in [7, 11) is 4.02. The number of urea groups is 1. The first kappa shape index (κ1) is 20.0. The van der Waals surface area contributed by atoms with Gasteiger partial charge in [-0.25, -0.2) is 4.79 Å². The Kier molecular flexibility index (Phi) is 6.76. The lowest BCUT2D eigenvalue weighted by atomic mass is 10.2. The number of hydrogen-bond donors (Lipinski definition) is 2. The Morgan fingerprint density at radius 1 is 1.04 bits per heavy atom. The van der Waals surface area contributed by atoms with E-state index in [1.165, 1.54) is 0 Å². The van der Waals surface area contributed by atoms with Crippen LogP contribution in [0.15, 0.2) is 48.5 Å². The SMILES string of the molecule is CCN1CCN(c2ccccc2NC(=O)NCc2cccc(N(C)C)c2)CC1. The molecule has 1 aliphatic heterocycles. The molecule has 1 aliphatic rings. The fourth-order valence-corrected chi connectivity index (χ4v) is 3.45. The van der Waals surface area contributed by atoms with Crippen molar-refractivity contribution in [3.05, 3.63) is 54.1 Å². The van der Waals surface area contributed by atoms with E-state index in [9.17, 15) is 4.79 Å². The van der Waals surface area contributed by atoms with Crippen molar-refractivity contribution in [2.45, 2.75) is 13.5 Å². The molecule has 0 unspecified atom stereocenters. The largest absolute Gasteiger partial charge is 0.378 e. The molecule has 0 aromatic heterocycles. The van der Waals surface area contributed by atoms with Crippen molar-refractivity contribution in [1.29, 1.82) is 0 Å². The standard InChI is InChI=1S/C22H31N5O/c1-4-26-12-14-27(15-13-26)21-11-6-5-10-20(21)24-22(28)23-17-18-8-7-9-19(16-18)25(2)3/h5-11,16H,4,12-15,17H2,1-3H3,(H2,23,24,28). The first-order valence-corrected chi connectivity index (χ1v) is 9.94. The lowest BCUT2D eigenvalue weighted by Gasteiger charge is -2.36. The van der Waals surface area contributed by atoms with Crippen molar-refractivity contribution in [3.8, 4) is 0 Å². The topological polar surface area (TPSA) is 50.9 Å². The number of carbonyl (C=O) groups is 1. The Balaban J connectivity index is 1.59. The minimum atomic E-state index is -0.185. The highest BCUT2D eigenvalue weighted by atomic mass is 16.2. The van der Waals surface area contributed by atoms with E-state index < -0.39 is 0 Å². The monoisotopic (exact) mass is 381 g/mol. The molecular formula is C22H31N5O. The molecule has 6 heteroatoms. The molecule has 28 heavy (non-hydrogen) atoms. The van der Waals surface area contributed by atoms with Gasteiger partial charge >= 0.3 is 6.03 Å². The summed E-state index contributed by atoms with van der Waals surface area (Å²) in [6.07, 6.45) is 0. The molecule has 0 spiro atoms. The Morgan fingerprint density at radius 2 is 1.79 bits per heavy atom. The summed E-state index contributed by atoms with van der Waals surface area (Å²) in [4.78, 5) is 19.3. The number of para-hydroxylation sites is 2. The number of carbonyl (C=O) groups excluding carboxylic acids is 1. The quantitative estimate of drug-likeness (QED) is 0.807. The highest BCUT2D eigenvalue weighted by molar-refractivity contribution is 5.93. The minimum absolute atomic E-state index is 0.185. The number of nitrogens with one attached hydrogen (secondary N) is 2. The highest BCUT2D eigenvalue weighted by Gasteiger charge is 2.18. The first-order chi connectivity index (χ1) is 13.6. The van der Waals surface area contributed by atoms with Gasteiger partial charge in [-0.3, -0.25) is 0 Å². The van der Waals surface area contributed by atoms with Crippen molar-refractivity contribution >= 4 is 23.1 Å². The fraction of sp³-hybridized carbons (Fsp3) is 0.409. The van der Waals surface area contributed by atoms with E-state index in [2.05, 4.69) is 50.5 Å². The van der Waals surface area contributed by atoms with Gasteiger partial charge in [0.1, 0.15) is 0 Å². The van der Waals surface area contributed by atoms with Crippen LogP contribution in [0.2, 0.25) is 0 Å². The number of rotatable bonds is 6. The number of nitrogens with zero attached hydrogens (tertiary/aromatic N) is 3. The summed E-state index contributed by atoms with van der Waals surface area (Å²) in [5, 5.41) is 5.99. The second-order valence-corrected chi connectivity index (χ2v) is 7.31. The van der Waals surface area contributed by atoms with Gasteiger partial charge in [-0.05, 0) is 36.4 Å². The molecule has 1 saturated heterocycles. The van der Waals surface area contributed by atoms with E-state index in [0.29, 0.717) is 6.54 Å². The van der Waals surface area contributed by atoms with Crippen LogP contribution >= 0.6 is 0 Å². The summed E-state index contributed by atoms with van der Waals surface area (Å²) in [5.41, 5.74) is 4.14. The van der Waals surface area contributed by atoms with Crippen molar-refractivity contribution in [3.63, 3.8) is 0 Å². The summed E-state index contributed by atoms with van der Waals surface area (Å²) in [5.74, 6) is 0. The average molecular weight is 382 g/mol. The van der Waals surface area contributed by atoms with E-state index in [4.69, 9.17) is 0 Å². The molecule has 2 N–H and O–H groups in total. The number of benzene rings is 2. The van der Waals surface area contributed by atoms with Crippen LogP contribution < -0.4 is 20.4 Å². The van der Waals surface area contributed by atoms with Gasteiger partial charge in [-0.1, -0.05) is 31.2 Å². The predicted octanol–water partition coefficient (Wildman–Crippen LogP) is 3.22. The summed E-state index contributed by atoms with van der Waals surface area (Å²) in [6, 6.07) is 16.0. The maximum atomic E-state index is 12.5. The molecule has 0 radical (unpaired) electrons. The molecule has 150 valence electrons. The van der Waals surface area contributed by atoms with Gasteiger partial charge in [0.15, 0.2) is 0 Å². The van der Waals surface area contributed by atoms with Crippen LogP contribution in [0, 0.1) is 0 Å². The van der Waals surface area contributed by atoms with Crippen LogP contribution in [-0.2, 0) is 6.54 Å². The summed E-state index contributed by atoms with van der Waals surface area (Å²) in [6.45, 7) is 7.84. The third kappa shape index (κ3) is 5.16. The number of amides is 2. The smallest absolute Gasteiger partial charge is 0.319 e. The molecule has 0 atom stereocenters. The molecule has 0 bridgehead atoms. The maximum absolute atomic E-state index is 12.5.